The molecule has 0 aliphatic carbocycles. The lowest BCUT2D eigenvalue weighted by atomic mass is 10.1. The molecule has 0 radical (unpaired) electrons. The van der Waals surface area contributed by atoms with Crippen molar-refractivity contribution in [1.29, 1.82) is 0 Å². The first kappa shape index (κ1) is 37.1. The lowest BCUT2D eigenvalue weighted by Crippen LogP contribution is -2.19. The Kier molecular flexibility index (Phi) is 27.5. The lowest BCUT2D eigenvalue weighted by Gasteiger charge is -2.19. The van der Waals surface area contributed by atoms with E-state index in [1.54, 1.807) is 0 Å². The molecule has 0 heterocycles. The van der Waals surface area contributed by atoms with E-state index in [1.165, 1.54) is 134 Å². The van der Waals surface area contributed by atoms with Crippen molar-refractivity contribution in [3.63, 3.8) is 0 Å². The van der Waals surface area contributed by atoms with Crippen LogP contribution in [0.1, 0.15) is 174 Å². The fraction of sp³-hybridized carbons (Fsp3) is 0.838. The first-order valence-electron chi connectivity index (χ1n) is 17.7. The maximum atomic E-state index is 6.25. The third-order valence-electron chi connectivity index (χ3n) is 8.10. The van der Waals surface area contributed by atoms with Gasteiger partial charge in [-0.05, 0) is 44.1 Å². The van der Waals surface area contributed by atoms with Gasteiger partial charge in [0.2, 0.25) is 0 Å². The van der Waals surface area contributed by atoms with Crippen LogP contribution in [-0.2, 0) is 20.8 Å². The molecule has 0 saturated carbocycles. The smallest absolute Gasteiger partial charge is 0.157 e. The van der Waals surface area contributed by atoms with Gasteiger partial charge in [-0.1, -0.05) is 160 Å². The second-order valence-corrected chi connectivity index (χ2v) is 11.9. The molecule has 40 heavy (non-hydrogen) atoms. The van der Waals surface area contributed by atoms with Crippen molar-refractivity contribution in [3.05, 3.63) is 35.9 Å². The molecule has 0 amide bonds. The molecule has 1 aromatic carbocycles. The Morgan fingerprint density at radius 3 is 1.43 bits per heavy atom. The molecule has 0 aliphatic heterocycles. The van der Waals surface area contributed by atoms with Gasteiger partial charge in [0.25, 0.3) is 0 Å². The first-order chi connectivity index (χ1) is 19.8. The van der Waals surface area contributed by atoms with Gasteiger partial charge >= 0.3 is 0 Å². The molecule has 0 spiro atoms. The Bertz CT molecular complexity index is 583. The van der Waals surface area contributed by atoms with Crippen molar-refractivity contribution in [2.24, 2.45) is 0 Å². The van der Waals surface area contributed by atoms with Crippen molar-refractivity contribution in [1.82, 2.24) is 0 Å². The van der Waals surface area contributed by atoms with Gasteiger partial charge in [0.1, 0.15) is 0 Å². The Labute approximate surface area is 250 Å². The van der Waals surface area contributed by atoms with Crippen LogP contribution in [0, 0.1) is 0 Å². The summed E-state index contributed by atoms with van der Waals surface area (Å²) in [6, 6.07) is 10.5. The Morgan fingerprint density at radius 2 is 0.925 bits per heavy atom. The number of benzene rings is 1. The van der Waals surface area contributed by atoms with Crippen molar-refractivity contribution in [3.8, 4) is 0 Å². The van der Waals surface area contributed by atoms with Gasteiger partial charge in [-0.15, -0.1) is 0 Å². The fourth-order valence-electron chi connectivity index (χ4n) is 5.35. The zero-order valence-corrected chi connectivity index (χ0v) is 27.2. The van der Waals surface area contributed by atoms with Crippen LogP contribution in [0.25, 0.3) is 0 Å². The van der Waals surface area contributed by atoms with E-state index in [0.29, 0.717) is 6.10 Å². The molecule has 0 bridgehead atoms. The zero-order valence-electron chi connectivity index (χ0n) is 27.2. The van der Waals surface area contributed by atoms with Gasteiger partial charge < -0.3 is 14.2 Å². The van der Waals surface area contributed by atoms with E-state index in [0.717, 1.165) is 39.1 Å². The second-order valence-electron chi connectivity index (χ2n) is 11.9. The molecule has 0 saturated heterocycles. The fourth-order valence-corrected chi connectivity index (χ4v) is 5.35. The summed E-state index contributed by atoms with van der Waals surface area (Å²) in [6.07, 6.45) is 30.1. The monoisotopic (exact) mass is 561 g/mol. The minimum absolute atomic E-state index is 0.00768. The quantitative estimate of drug-likeness (QED) is 0.0667. The molecule has 1 unspecified atom stereocenters. The highest BCUT2D eigenvalue weighted by atomic mass is 16.7. The Balaban J connectivity index is 2.18. The normalized spacial score (nSPS) is 12.4. The molecular weight excluding hydrogens is 492 g/mol. The van der Waals surface area contributed by atoms with Gasteiger partial charge in [-0.25, -0.2) is 0 Å². The van der Waals surface area contributed by atoms with Crippen LogP contribution in [0.15, 0.2) is 30.3 Å². The average molecular weight is 561 g/mol. The van der Waals surface area contributed by atoms with Gasteiger partial charge in [0, 0.05) is 13.2 Å². The SMILES string of the molecule is CCCCCCCCCCOC(CCCCCCC(CC)OCc1ccccc1)OCCCCCCCCCC. The highest BCUT2D eigenvalue weighted by Crippen LogP contribution is 2.17. The minimum Gasteiger partial charge on any atom is -0.374 e. The number of hydrogen-bond donors (Lipinski definition) is 0. The largest absolute Gasteiger partial charge is 0.374 e. The van der Waals surface area contributed by atoms with E-state index in [9.17, 15) is 0 Å². The van der Waals surface area contributed by atoms with Crippen LogP contribution in [0.3, 0.4) is 0 Å². The molecule has 0 aromatic heterocycles. The number of hydrogen-bond acceptors (Lipinski definition) is 3. The first-order valence-corrected chi connectivity index (χ1v) is 17.7. The molecule has 0 N–H and O–H groups in total. The van der Waals surface area contributed by atoms with E-state index < -0.39 is 0 Å². The summed E-state index contributed by atoms with van der Waals surface area (Å²) in [5.74, 6) is 0. The van der Waals surface area contributed by atoms with Crippen LogP contribution in [0.5, 0.6) is 0 Å². The Hall–Kier alpha value is -0.900. The van der Waals surface area contributed by atoms with Crippen LogP contribution in [0.2, 0.25) is 0 Å². The second kappa shape index (κ2) is 29.6. The highest BCUT2D eigenvalue weighted by Gasteiger charge is 2.11. The summed E-state index contributed by atoms with van der Waals surface area (Å²) >= 11 is 0. The van der Waals surface area contributed by atoms with Crippen LogP contribution < -0.4 is 0 Å². The average Bonchev–Trinajstić information content (AvgIpc) is 2.98. The van der Waals surface area contributed by atoms with Crippen molar-refractivity contribution in [2.75, 3.05) is 13.2 Å². The standard InChI is InChI=1S/C37H68O3/c1-4-7-9-11-13-15-19-26-32-38-37(39-33-27-20-16-14-12-10-8-5-2)31-25-18-17-24-30-36(6-3)40-34-35-28-22-21-23-29-35/h21-23,28-29,36-37H,4-20,24-27,30-34H2,1-3H3. The lowest BCUT2D eigenvalue weighted by molar-refractivity contribution is -0.148. The third-order valence-corrected chi connectivity index (χ3v) is 8.10. The summed E-state index contributed by atoms with van der Waals surface area (Å²) < 4.78 is 18.7. The van der Waals surface area contributed by atoms with E-state index in [4.69, 9.17) is 14.2 Å². The predicted octanol–water partition coefficient (Wildman–Crippen LogP) is 12.0. The number of rotatable bonds is 31. The number of ether oxygens (including phenoxy) is 3. The van der Waals surface area contributed by atoms with Gasteiger partial charge in [0.15, 0.2) is 6.29 Å². The van der Waals surface area contributed by atoms with Crippen LogP contribution in [0.4, 0.5) is 0 Å². The molecule has 0 aliphatic rings. The predicted molar refractivity (Wildman–Crippen MR) is 174 cm³/mol. The maximum Gasteiger partial charge on any atom is 0.157 e. The van der Waals surface area contributed by atoms with Gasteiger partial charge in [-0.2, -0.15) is 0 Å². The zero-order chi connectivity index (χ0) is 28.8. The third kappa shape index (κ3) is 23.8. The van der Waals surface area contributed by atoms with E-state index in [1.807, 2.05) is 0 Å². The molecule has 1 atom stereocenters. The number of unbranched alkanes of at least 4 members (excludes halogenated alkanes) is 17. The molecule has 3 heteroatoms. The molecule has 234 valence electrons. The van der Waals surface area contributed by atoms with Gasteiger partial charge in [-0.3, -0.25) is 0 Å². The van der Waals surface area contributed by atoms with E-state index in [-0.39, 0.29) is 6.29 Å². The molecule has 3 nitrogen and oxygen atoms in total. The summed E-state index contributed by atoms with van der Waals surface area (Å²) in [4.78, 5) is 0. The van der Waals surface area contributed by atoms with Crippen LogP contribution >= 0.6 is 0 Å². The molecule has 0 fully saturated rings. The van der Waals surface area contributed by atoms with Crippen LogP contribution in [-0.4, -0.2) is 25.6 Å². The molecular formula is C37H68O3. The highest BCUT2D eigenvalue weighted by molar-refractivity contribution is 5.13. The topological polar surface area (TPSA) is 27.7 Å². The van der Waals surface area contributed by atoms with Crippen molar-refractivity contribution >= 4 is 0 Å². The van der Waals surface area contributed by atoms with Crippen molar-refractivity contribution < 1.29 is 14.2 Å². The summed E-state index contributed by atoms with van der Waals surface area (Å²) in [5.41, 5.74) is 1.27. The summed E-state index contributed by atoms with van der Waals surface area (Å²) in [6.45, 7) is 9.26. The minimum atomic E-state index is -0.00768. The van der Waals surface area contributed by atoms with E-state index >= 15 is 0 Å². The summed E-state index contributed by atoms with van der Waals surface area (Å²) in [5, 5.41) is 0. The Morgan fingerprint density at radius 1 is 0.475 bits per heavy atom. The van der Waals surface area contributed by atoms with E-state index in [2.05, 4.69) is 51.1 Å². The summed E-state index contributed by atoms with van der Waals surface area (Å²) in [7, 11) is 0. The maximum absolute atomic E-state index is 6.25. The molecule has 1 aromatic rings. The van der Waals surface area contributed by atoms with Crippen molar-refractivity contribution in [2.45, 2.75) is 187 Å². The van der Waals surface area contributed by atoms with Gasteiger partial charge in [0.05, 0.1) is 12.7 Å². The molecule has 1 rings (SSSR count).